The smallest absolute Gasteiger partial charge is 0.408 e. The van der Waals surface area contributed by atoms with Gasteiger partial charge in [0, 0.05) is 32.2 Å². The van der Waals surface area contributed by atoms with Gasteiger partial charge in [-0.25, -0.2) is 27.9 Å². The fourth-order valence-electron chi connectivity index (χ4n) is 2.97. The minimum atomic E-state index is -3.73. The molecular formula is C17H20N6O5S. The quantitative estimate of drug-likeness (QED) is 0.455. The van der Waals surface area contributed by atoms with E-state index in [0.717, 1.165) is 18.9 Å². The second-order valence-corrected chi connectivity index (χ2v) is 8.12. The number of rotatable bonds is 7. The summed E-state index contributed by atoms with van der Waals surface area (Å²) in [7, 11) is -3.73. The molecule has 3 aromatic rings. The Morgan fingerprint density at radius 3 is 2.79 bits per heavy atom. The fourth-order valence-corrected chi connectivity index (χ4v) is 4.02. The molecule has 1 aliphatic rings. The first-order valence-electron chi connectivity index (χ1n) is 9.02. The Morgan fingerprint density at radius 2 is 1.97 bits per heavy atom. The van der Waals surface area contributed by atoms with Gasteiger partial charge in [0.05, 0.1) is 23.6 Å². The monoisotopic (exact) mass is 420 g/mol. The molecule has 0 radical (unpaired) electrons. The molecule has 0 spiro atoms. The molecule has 0 amide bonds. The summed E-state index contributed by atoms with van der Waals surface area (Å²) in [5.74, 6) is 0.778. The third kappa shape index (κ3) is 4.55. The Kier molecular flexibility index (Phi) is 5.47. The molecule has 11 nitrogen and oxygen atoms in total. The fraction of sp³-hybridized carbons (Fsp3) is 0.353. The number of nitrogens with zero attached hydrogens (tertiary/aromatic N) is 3. The minimum Gasteiger partial charge on any atom is -0.408 e. The van der Waals surface area contributed by atoms with Gasteiger partial charge in [0.25, 0.3) is 0 Å². The number of oxazole rings is 1. The molecule has 4 rings (SSSR count). The number of aromatic nitrogens is 3. The molecular weight excluding hydrogens is 400 g/mol. The molecule has 1 saturated heterocycles. The van der Waals surface area contributed by atoms with Crippen molar-refractivity contribution in [3.05, 3.63) is 41.1 Å². The van der Waals surface area contributed by atoms with Gasteiger partial charge in [0.2, 0.25) is 10.0 Å². The Balaban J connectivity index is 1.34. The van der Waals surface area contributed by atoms with Crippen LogP contribution in [-0.4, -0.2) is 62.8 Å². The molecule has 0 bridgehead atoms. The van der Waals surface area contributed by atoms with Crippen LogP contribution in [0.25, 0.3) is 11.1 Å². The number of nitrogens with one attached hydrogen (secondary N) is 3. The molecule has 1 aliphatic heterocycles. The van der Waals surface area contributed by atoms with Crippen molar-refractivity contribution in [1.29, 1.82) is 0 Å². The van der Waals surface area contributed by atoms with E-state index in [4.69, 9.17) is 9.15 Å². The number of fused-ring (bicyclic) bond motifs is 1. The third-order valence-corrected chi connectivity index (χ3v) is 5.87. The Bertz CT molecular complexity index is 1150. The maximum atomic E-state index is 12.4. The van der Waals surface area contributed by atoms with Crippen LogP contribution >= 0.6 is 0 Å². The van der Waals surface area contributed by atoms with Crippen LogP contribution in [0.1, 0.15) is 0 Å². The van der Waals surface area contributed by atoms with Crippen molar-refractivity contribution in [2.75, 3.05) is 49.6 Å². The molecule has 1 aromatic carbocycles. The van der Waals surface area contributed by atoms with E-state index in [-0.39, 0.29) is 11.4 Å². The predicted molar refractivity (Wildman–Crippen MR) is 106 cm³/mol. The normalized spacial score (nSPS) is 15.0. The topological polar surface area (TPSA) is 142 Å². The zero-order valence-electron chi connectivity index (χ0n) is 15.4. The van der Waals surface area contributed by atoms with Crippen molar-refractivity contribution >= 4 is 32.8 Å². The molecule has 29 heavy (non-hydrogen) atoms. The molecule has 0 unspecified atom stereocenters. The van der Waals surface area contributed by atoms with Gasteiger partial charge in [-0.2, -0.15) is 0 Å². The maximum Gasteiger partial charge on any atom is 0.417 e. The highest BCUT2D eigenvalue weighted by atomic mass is 32.2. The molecule has 154 valence electrons. The van der Waals surface area contributed by atoms with Crippen molar-refractivity contribution in [1.82, 2.24) is 19.7 Å². The highest BCUT2D eigenvalue weighted by Crippen LogP contribution is 2.17. The second-order valence-electron chi connectivity index (χ2n) is 6.36. The number of morpholine rings is 1. The third-order valence-electron chi connectivity index (χ3n) is 4.41. The van der Waals surface area contributed by atoms with Crippen LogP contribution in [0.5, 0.6) is 0 Å². The van der Waals surface area contributed by atoms with Crippen LogP contribution in [0.2, 0.25) is 0 Å². The second kappa shape index (κ2) is 8.19. The first kappa shape index (κ1) is 19.4. The summed E-state index contributed by atoms with van der Waals surface area (Å²) in [4.78, 5) is 24.2. The number of benzene rings is 1. The number of aromatic amines is 1. The molecule has 0 atom stereocenters. The van der Waals surface area contributed by atoms with Crippen LogP contribution < -0.4 is 20.7 Å². The van der Waals surface area contributed by atoms with Gasteiger partial charge in [0.1, 0.15) is 18.0 Å². The summed E-state index contributed by atoms with van der Waals surface area (Å²) in [6.07, 6.45) is 1.47. The summed E-state index contributed by atoms with van der Waals surface area (Å²) < 4.78 is 37.6. The summed E-state index contributed by atoms with van der Waals surface area (Å²) in [6, 6.07) is 6.00. The lowest BCUT2D eigenvalue weighted by molar-refractivity contribution is 0.122. The van der Waals surface area contributed by atoms with Crippen molar-refractivity contribution in [2.45, 2.75) is 4.90 Å². The summed E-state index contributed by atoms with van der Waals surface area (Å²) in [5.41, 5.74) is 0.628. The first-order chi connectivity index (χ1) is 14.0. The van der Waals surface area contributed by atoms with Gasteiger partial charge in [-0.1, -0.05) is 0 Å². The number of hydrogen-bond donors (Lipinski definition) is 3. The zero-order valence-corrected chi connectivity index (χ0v) is 16.2. The number of ether oxygens (including phenoxy) is 1. The SMILES string of the molecule is O=c1[nH]c2cc(S(=O)(=O)NCCNc3cc(N4CCOCC4)ncn3)ccc2o1. The van der Waals surface area contributed by atoms with Crippen molar-refractivity contribution in [3.63, 3.8) is 0 Å². The van der Waals surface area contributed by atoms with Crippen molar-refractivity contribution < 1.29 is 17.6 Å². The molecule has 0 aliphatic carbocycles. The highest BCUT2D eigenvalue weighted by Gasteiger charge is 2.16. The van der Waals surface area contributed by atoms with Gasteiger partial charge < -0.3 is 19.4 Å². The average Bonchev–Trinajstić information content (AvgIpc) is 3.11. The summed E-state index contributed by atoms with van der Waals surface area (Å²) in [5, 5.41) is 3.08. The maximum absolute atomic E-state index is 12.4. The van der Waals surface area contributed by atoms with E-state index in [1.165, 1.54) is 24.5 Å². The van der Waals surface area contributed by atoms with Gasteiger partial charge >= 0.3 is 5.76 Å². The van der Waals surface area contributed by atoms with E-state index in [1.807, 2.05) is 6.07 Å². The van der Waals surface area contributed by atoms with E-state index in [2.05, 4.69) is 29.9 Å². The lowest BCUT2D eigenvalue weighted by Crippen LogP contribution is -2.36. The molecule has 0 saturated carbocycles. The van der Waals surface area contributed by atoms with E-state index < -0.39 is 15.8 Å². The van der Waals surface area contributed by atoms with Crippen LogP contribution in [-0.2, 0) is 14.8 Å². The molecule has 3 N–H and O–H groups in total. The van der Waals surface area contributed by atoms with E-state index in [9.17, 15) is 13.2 Å². The van der Waals surface area contributed by atoms with Crippen molar-refractivity contribution in [3.8, 4) is 0 Å². The summed E-state index contributed by atoms with van der Waals surface area (Å²) >= 11 is 0. The average molecular weight is 420 g/mol. The minimum absolute atomic E-state index is 0.0405. The van der Waals surface area contributed by atoms with E-state index in [0.29, 0.717) is 36.7 Å². The van der Waals surface area contributed by atoms with Crippen LogP contribution in [0.3, 0.4) is 0 Å². The van der Waals surface area contributed by atoms with Crippen LogP contribution in [0, 0.1) is 0 Å². The molecule has 1 fully saturated rings. The van der Waals surface area contributed by atoms with Crippen LogP contribution in [0.15, 0.2) is 44.7 Å². The Hall–Kier alpha value is -2.96. The number of anilines is 2. The number of H-pyrrole nitrogens is 1. The van der Waals surface area contributed by atoms with Gasteiger partial charge in [-0.3, -0.25) is 4.98 Å². The van der Waals surface area contributed by atoms with Gasteiger partial charge in [0.15, 0.2) is 5.58 Å². The molecule has 2 aromatic heterocycles. The zero-order chi connectivity index (χ0) is 20.3. The Labute approximate surface area is 166 Å². The summed E-state index contributed by atoms with van der Waals surface area (Å²) in [6.45, 7) is 3.34. The van der Waals surface area contributed by atoms with E-state index in [1.54, 1.807) is 0 Å². The number of sulfonamides is 1. The van der Waals surface area contributed by atoms with Crippen LogP contribution in [0.4, 0.5) is 11.6 Å². The predicted octanol–water partition coefficient (Wildman–Crippen LogP) is 0.138. The molecule has 12 heteroatoms. The number of hydrogen-bond acceptors (Lipinski definition) is 9. The van der Waals surface area contributed by atoms with Gasteiger partial charge in [-0.15, -0.1) is 0 Å². The first-order valence-corrected chi connectivity index (χ1v) is 10.5. The Morgan fingerprint density at radius 1 is 1.14 bits per heavy atom. The highest BCUT2D eigenvalue weighted by molar-refractivity contribution is 7.89. The standard InChI is InChI=1S/C17H20N6O5S/c24-17-22-13-9-12(1-2-14(13)28-17)29(25,26)21-4-3-18-15-10-16(20-11-19-15)23-5-7-27-8-6-23/h1-2,9-11,21H,3-8H2,(H,22,24)(H,18,19,20). The lowest BCUT2D eigenvalue weighted by Gasteiger charge is -2.27. The largest absolute Gasteiger partial charge is 0.417 e. The lowest BCUT2D eigenvalue weighted by atomic mass is 10.3. The van der Waals surface area contributed by atoms with Crippen molar-refractivity contribution in [2.24, 2.45) is 0 Å². The van der Waals surface area contributed by atoms with Gasteiger partial charge in [-0.05, 0) is 18.2 Å². The molecule has 3 heterocycles. The van der Waals surface area contributed by atoms with E-state index >= 15 is 0 Å².